The number of aryl methyl sites for hydroxylation is 2. The van der Waals surface area contributed by atoms with E-state index < -0.39 is 0 Å². The number of aromatic nitrogens is 2. The lowest BCUT2D eigenvalue weighted by Gasteiger charge is -2.18. The van der Waals surface area contributed by atoms with Gasteiger partial charge < -0.3 is 9.88 Å². The normalized spacial score (nSPS) is 12.7. The van der Waals surface area contributed by atoms with E-state index in [2.05, 4.69) is 62.8 Å². The molecule has 1 aromatic heterocycles. The maximum atomic E-state index is 4.48. The van der Waals surface area contributed by atoms with Crippen LogP contribution in [-0.4, -0.2) is 16.6 Å². The lowest BCUT2D eigenvalue weighted by molar-refractivity contribution is 0.590. The largest absolute Gasteiger partial charge is 0.334 e. The van der Waals surface area contributed by atoms with Crippen molar-refractivity contribution < 1.29 is 0 Å². The highest BCUT2D eigenvalue weighted by molar-refractivity contribution is 9.10. The molecule has 18 heavy (non-hydrogen) atoms. The SMILES string of the molecule is CCn1ccnc1C(NC)c1ccc(Br)c(C)c1. The molecule has 2 rings (SSSR count). The van der Waals surface area contributed by atoms with Crippen LogP contribution >= 0.6 is 15.9 Å². The molecular weight excluding hydrogens is 290 g/mol. The summed E-state index contributed by atoms with van der Waals surface area (Å²) in [5.74, 6) is 1.06. The van der Waals surface area contributed by atoms with Gasteiger partial charge in [0, 0.05) is 23.4 Å². The molecule has 0 spiro atoms. The highest BCUT2D eigenvalue weighted by Crippen LogP contribution is 2.25. The summed E-state index contributed by atoms with van der Waals surface area (Å²) in [6.45, 7) is 5.17. The molecule has 1 unspecified atom stereocenters. The van der Waals surface area contributed by atoms with Gasteiger partial charge >= 0.3 is 0 Å². The zero-order chi connectivity index (χ0) is 13.1. The first-order valence-electron chi connectivity index (χ1n) is 6.11. The minimum absolute atomic E-state index is 0.131. The molecule has 1 N–H and O–H groups in total. The Hall–Kier alpha value is -1.13. The van der Waals surface area contributed by atoms with Crippen LogP contribution < -0.4 is 5.32 Å². The summed E-state index contributed by atoms with van der Waals surface area (Å²) in [5.41, 5.74) is 2.47. The first kappa shape index (κ1) is 13.3. The van der Waals surface area contributed by atoms with Gasteiger partial charge in [0.2, 0.25) is 0 Å². The molecule has 1 heterocycles. The Morgan fingerprint density at radius 2 is 2.22 bits per heavy atom. The van der Waals surface area contributed by atoms with E-state index in [4.69, 9.17) is 0 Å². The van der Waals surface area contributed by atoms with Crippen LogP contribution in [0.25, 0.3) is 0 Å². The number of nitrogens with zero attached hydrogens (tertiary/aromatic N) is 2. The van der Waals surface area contributed by atoms with E-state index >= 15 is 0 Å². The third-order valence-electron chi connectivity index (χ3n) is 3.15. The van der Waals surface area contributed by atoms with Gasteiger partial charge in [-0.05, 0) is 38.1 Å². The van der Waals surface area contributed by atoms with Crippen molar-refractivity contribution in [2.75, 3.05) is 7.05 Å². The molecular formula is C14H18BrN3. The molecule has 0 saturated heterocycles. The van der Waals surface area contributed by atoms with Crippen molar-refractivity contribution in [3.63, 3.8) is 0 Å². The zero-order valence-electron chi connectivity index (χ0n) is 10.9. The van der Waals surface area contributed by atoms with E-state index in [9.17, 15) is 0 Å². The fourth-order valence-corrected chi connectivity index (χ4v) is 2.39. The van der Waals surface area contributed by atoms with E-state index in [0.29, 0.717) is 0 Å². The van der Waals surface area contributed by atoms with Crippen molar-refractivity contribution in [1.29, 1.82) is 0 Å². The summed E-state index contributed by atoms with van der Waals surface area (Å²) in [4.78, 5) is 4.48. The van der Waals surface area contributed by atoms with Crippen LogP contribution in [-0.2, 0) is 6.54 Å². The lowest BCUT2D eigenvalue weighted by Crippen LogP contribution is -2.22. The first-order chi connectivity index (χ1) is 8.67. The smallest absolute Gasteiger partial charge is 0.130 e. The standard InChI is InChI=1S/C14H18BrN3/c1-4-18-8-7-17-14(18)13(16-3)11-5-6-12(15)10(2)9-11/h5-9,13,16H,4H2,1-3H3. The predicted molar refractivity (Wildman–Crippen MR) is 77.7 cm³/mol. The average molecular weight is 308 g/mol. The minimum Gasteiger partial charge on any atom is -0.334 e. The number of hydrogen-bond acceptors (Lipinski definition) is 2. The van der Waals surface area contributed by atoms with Gasteiger partial charge in [-0.3, -0.25) is 0 Å². The molecule has 0 aliphatic heterocycles. The second-order valence-corrected chi connectivity index (χ2v) is 5.16. The van der Waals surface area contributed by atoms with Crippen LogP contribution in [0.1, 0.15) is 29.9 Å². The quantitative estimate of drug-likeness (QED) is 0.939. The highest BCUT2D eigenvalue weighted by Gasteiger charge is 2.17. The van der Waals surface area contributed by atoms with Crippen LogP contribution in [0.5, 0.6) is 0 Å². The van der Waals surface area contributed by atoms with Gasteiger partial charge in [-0.1, -0.05) is 28.1 Å². The van der Waals surface area contributed by atoms with E-state index in [1.54, 1.807) is 0 Å². The molecule has 0 bridgehead atoms. The summed E-state index contributed by atoms with van der Waals surface area (Å²) in [5, 5.41) is 3.34. The second kappa shape index (κ2) is 5.67. The third-order valence-corrected chi connectivity index (χ3v) is 4.04. The summed E-state index contributed by atoms with van der Waals surface area (Å²) >= 11 is 3.54. The minimum atomic E-state index is 0.131. The van der Waals surface area contributed by atoms with Gasteiger partial charge in [0.05, 0.1) is 6.04 Å². The molecule has 0 saturated carbocycles. The van der Waals surface area contributed by atoms with Crippen molar-refractivity contribution >= 4 is 15.9 Å². The molecule has 0 fully saturated rings. The maximum absolute atomic E-state index is 4.48. The molecule has 1 atom stereocenters. The zero-order valence-corrected chi connectivity index (χ0v) is 12.5. The van der Waals surface area contributed by atoms with Crippen LogP contribution in [0.4, 0.5) is 0 Å². The third kappa shape index (κ3) is 2.49. The summed E-state index contributed by atoms with van der Waals surface area (Å²) in [6.07, 6.45) is 3.88. The van der Waals surface area contributed by atoms with Crippen molar-refractivity contribution in [3.8, 4) is 0 Å². The van der Waals surface area contributed by atoms with Gasteiger partial charge in [-0.2, -0.15) is 0 Å². The summed E-state index contributed by atoms with van der Waals surface area (Å²) in [6, 6.07) is 6.55. The first-order valence-corrected chi connectivity index (χ1v) is 6.91. The lowest BCUT2D eigenvalue weighted by atomic mass is 10.0. The second-order valence-electron chi connectivity index (χ2n) is 4.30. The number of halogens is 1. The number of hydrogen-bond donors (Lipinski definition) is 1. The van der Waals surface area contributed by atoms with Crippen LogP contribution in [0, 0.1) is 6.92 Å². The van der Waals surface area contributed by atoms with Crippen LogP contribution in [0.15, 0.2) is 35.1 Å². The number of nitrogens with one attached hydrogen (secondary N) is 1. The average Bonchev–Trinajstić information content (AvgIpc) is 2.83. The topological polar surface area (TPSA) is 29.9 Å². The Morgan fingerprint density at radius 3 is 2.83 bits per heavy atom. The van der Waals surface area contributed by atoms with Gasteiger partial charge in [-0.25, -0.2) is 4.98 Å². The van der Waals surface area contributed by atoms with E-state index in [1.165, 1.54) is 11.1 Å². The molecule has 2 aromatic rings. The Kier molecular flexibility index (Phi) is 4.19. The fourth-order valence-electron chi connectivity index (χ4n) is 2.14. The molecule has 0 aliphatic rings. The van der Waals surface area contributed by atoms with E-state index in [1.807, 2.05) is 19.4 Å². The summed E-state index contributed by atoms with van der Waals surface area (Å²) in [7, 11) is 1.97. The Bertz CT molecular complexity index is 534. The molecule has 4 heteroatoms. The predicted octanol–water partition coefficient (Wildman–Crippen LogP) is 3.28. The van der Waals surface area contributed by atoms with Crippen LogP contribution in [0.2, 0.25) is 0 Å². The maximum Gasteiger partial charge on any atom is 0.130 e. The van der Waals surface area contributed by atoms with Crippen molar-refractivity contribution in [2.45, 2.75) is 26.4 Å². The Morgan fingerprint density at radius 1 is 1.44 bits per heavy atom. The molecule has 96 valence electrons. The number of imidazole rings is 1. The van der Waals surface area contributed by atoms with Gasteiger partial charge in [0.25, 0.3) is 0 Å². The van der Waals surface area contributed by atoms with Crippen molar-refractivity contribution in [2.24, 2.45) is 0 Å². The van der Waals surface area contributed by atoms with Crippen LogP contribution in [0.3, 0.4) is 0 Å². The van der Waals surface area contributed by atoms with Crippen molar-refractivity contribution in [3.05, 3.63) is 52.0 Å². The molecule has 1 aromatic carbocycles. The van der Waals surface area contributed by atoms with Crippen molar-refractivity contribution in [1.82, 2.24) is 14.9 Å². The van der Waals surface area contributed by atoms with Gasteiger partial charge in [0.15, 0.2) is 0 Å². The number of benzene rings is 1. The monoisotopic (exact) mass is 307 g/mol. The van der Waals surface area contributed by atoms with E-state index in [0.717, 1.165) is 16.8 Å². The van der Waals surface area contributed by atoms with Gasteiger partial charge in [0.1, 0.15) is 5.82 Å². The molecule has 0 aliphatic carbocycles. The Labute approximate surface area is 116 Å². The number of rotatable bonds is 4. The Balaban J connectivity index is 2.42. The molecule has 0 radical (unpaired) electrons. The fraction of sp³-hybridized carbons (Fsp3) is 0.357. The van der Waals surface area contributed by atoms with Gasteiger partial charge in [-0.15, -0.1) is 0 Å². The molecule has 3 nitrogen and oxygen atoms in total. The molecule has 0 amide bonds. The summed E-state index contributed by atoms with van der Waals surface area (Å²) < 4.78 is 3.30. The highest BCUT2D eigenvalue weighted by atomic mass is 79.9. The van der Waals surface area contributed by atoms with E-state index in [-0.39, 0.29) is 6.04 Å².